The summed E-state index contributed by atoms with van der Waals surface area (Å²) in [5.74, 6) is 0.0597. The van der Waals surface area contributed by atoms with E-state index in [4.69, 9.17) is 4.74 Å². The average molecular weight is 388 g/mol. The highest BCUT2D eigenvalue weighted by Crippen LogP contribution is 2.15. The van der Waals surface area contributed by atoms with E-state index >= 15 is 0 Å². The molecule has 0 aliphatic carbocycles. The number of amides is 2. The largest absolute Gasteiger partial charge is 0.450 e. The Balaban J connectivity index is 1.45. The van der Waals surface area contributed by atoms with Crippen molar-refractivity contribution in [3.8, 4) is 0 Å². The lowest BCUT2D eigenvalue weighted by atomic mass is 10.1. The monoisotopic (exact) mass is 388 g/mol. The van der Waals surface area contributed by atoms with Crippen LogP contribution in [0.25, 0.3) is 0 Å². The van der Waals surface area contributed by atoms with Gasteiger partial charge in [0, 0.05) is 50.4 Å². The van der Waals surface area contributed by atoms with Crippen molar-refractivity contribution in [1.29, 1.82) is 0 Å². The molecule has 2 amide bonds. The van der Waals surface area contributed by atoms with Crippen LogP contribution in [0.15, 0.2) is 29.9 Å². The van der Waals surface area contributed by atoms with Crippen molar-refractivity contribution < 1.29 is 14.3 Å². The molecule has 0 atom stereocenters. The maximum Gasteiger partial charge on any atom is 0.409 e. The summed E-state index contributed by atoms with van der Waals surface area (Å²) in [6.07, 6.45) is 5.38. The van der Waals surface area contributed by atoms with Crippen LogP contribution >= 0.6 is 11.3 Å². The van der Waals surface area contributed by atoms with E-state index < -0.39 is 0 Å². The molecule has 3 rings (SSSR count). The molecule has 8 heteroatoms. The fourth-order valence-electron chi connectivity index (χ4n) is 2.97. The summed E-state index contributed by atoms with van der Waals surface area (Å²) >= 11 is 1.60. The second-order valence-corrected chi connectivity index (χ2v) is 7.27. The van der Waals surface area contributed by atoms with E-state index in [1.165, 1.54) is 5.56 Å². The molecule has 1 aliphatic rings. The van der Waals surface area contributed by atoms with Gasteiger partial charge in [-0.1, -0.05) is 0 Å². The quantitative estimate of drug-likeness (QED) is 0.758. The first-order valence-electron chi connectivity index (χ1n) is 9.17. The minimum absolute atomic E-state index is 0.0597. The van der Waals surface area contributed by atoms with Crippen molar-refractivity contribution >= 4 is 23.3 Å². The van der Waals surface area contributed by atoms with Gasteiger partial charge in [0.2, 0.25) is 5.91 Å². The molecule has 27 heavy (non-hydrogen) atoms. The topological polar surface area (TPSA) is 75.6 Å². The van der Waals surface area contributed by atoms with Crippen LogP contribution in [-0.2, 0) is 28.8 Å². The molecule has 0 aromatic carbocycles. The van der Waals surface area contributed by atoms with Gasteiger partial charge in [0.25, 0.3) is 0 Å². The third kappa shape index (κ3) is 5.50. The van der Waals surface area contributed by atoms with Crippen LogP contribution in [0, 0.1) is 0 Å². The van der Waals surface area contributed by atoms with Gasteiger partial charge in [0.15, 0.2) is 0 Å². The van der Waals surface area contributed by atoms with Gasteiger partial charge in [-0.05, 0) is 31.0 Å². The predicted octanol–water partition coefficient (Wildman–Crippen LogP) is 2.17. The first-order valence-corrected chi connectivity index (χ1v) is 10.1. The predicted molar refractivity (Wildman–Crippen MR) is 103 cm³/mol. The van der Waals surface area contributed by atoms with Crippen LogP contribution < -0.4 is 0 Å². The lowest BCUT2D eigenvalue weighted by Gasteiger charge is -2.34. The second-order valence-electron chi connectivity index (χ2n) is 6.33. The molecule has 0 radical (unpaired) electrons. The van der Waals surface area contributed by atoms with Gasteiger partial charge < -0.3 is 14.5 Å². The summed E-state index contributed by atoms with van der Waals surface area (Å²) in [7, 11) is 0. The van der Waals surface area contributed by atoms with Crippen LogP contribution in [0.1, 0.15) is 23.2 Å². The number of rotatable bonds is 6. The fraction of sp³-hybridized carbons (Fsp3) is 0.474. The molecule has 0 spiro atoms. The summed E-state index contributed by atoms with van der Waals surface area (Å²) < 4.78 is 5.00. The Bertz CT molecular complexity index is 757. The van der Waals surface area contributed by atoms with Gasteiger partial charge in [0.1, 0.15) is 0 Å². The zero-order chi connectivity index (χ0) is 19.1. The zero-order valence-electron chi connectivity index (χ0n) is 15.5. The van der Waals surface area contributed by atoms with Crippen LogP contribution in [-0.4, -0.2) is 64.6 Å². The number of piperazine rings is 1. The third-order valence-corrected chi connectivity index (χ3v) is 5.42. The Hall–Kier alpha value is -2.48. The summed E-state index contributed by atoms with van der Waals surface area (Å²) in [6, 6.07) is 4.02. The number of pyridine rings is 1. The van der Waals surface area contributed by atoms with Crippen LogP contribution in [0.4, 0.5) is 4.79 Å². The maximum absolute atomic E-state index is 12.5. The molecule has 0 N–H and O–H groups in total. The maximum atomic E-state index is 12.5. The Labute approximate surface area is 163 Å². The molecule has 2 aromatic heterocycles. The highest BCUT2D eigenvalue weighted by molar-refractivity contribution is 7.09. The minimum atomic E-state index is -0.303. The van der Waals surface area contributed by atoms with Crippen molar-refractivity contribution in [1.82, 2.24) is 19.8 Å². The molecule has 1 saturated heterocycles. The van der Waals surface area contributed by atoms with E-state index in [2.05, 4.69) is 9.97 Å². The van der Waals surface area contributed by atoms with E-state index in [-0.39, 0.29) is 12.0 Å². The normalized spacial score (nSPS) is 14.3. The van der Waals surface area contributed by atoms with E-state index in [9.17, 15) is 9.59 Å². The Morgan fingerprint density at radius 2 is 1.81 bits per heavy atom. The fourth-order valence-corrected chi connectivity index (χ4v) is 3.76. The standard InChI is InChI=1S/C19H24N4O3S/c1-2-26-19(25)23-11-9-22(10-12-23)18(24)13-16-14-27-17(21-16)4-3-15-5-7-20-8-6-15/h5-8,14H,2-4,9-13H2,1H3. The van der Waals surface area contributed by atoms with E-state index in [1.807, 2.05) is 17.5 Å². The molecule has 1 aliphatic heterocycles. The first kappa shape index (κ1) is 19.3. The number of ether oxygens (including phenoxy) is 1. The Morgan fingerprint density at radius 1 is 1.11 bits per heavy atom. The summed E-state index contributed by atoms with van der Waals surface area (Å²) in [4.78, 5) is 36.3. The number of nitrogens with zero attached hydrogens (tertiary/aromatic N) is 4. The number of carbonyl (C=O) groups is 2. The molecule has 3 heterocycles. The van der Waals surface area contributed by atoms with Crippen molar-refractivity contribution in [2.24, 2.45) is 0 Å². The number of aromatic nitrogens is 2. The van der Waals surface area contributed by atoms with Crippen LogP contribution in [0.5, 0.6) is 0 Å². The summed E-state index contributed by atoms with van der Waals surface area (Å²) in [5.41, 5.74) is 2.06. The first-order chi connectivity index (χ1) is 13.2. The van der Waals surface area contributed by atoms with Crippen molar-refractivity contribution in [2.75, 3.05) is 32.8 Å². The molecular weight excluding hydrogens is 364 g/mol. The van der Waals surface area contributed by atoms with Crippen LogP contribution in [0.3, 0.4) is 0 Å². The molecular formula is C19H24N4O3S. The van der Waals surface area contributed by atoms with Gasteiger partial charge in [-0.2, -0.15) is 0 Å². The highest BCUT2D eigenvalue weighted by atomic mass is 32.1. The Kier molecular flexibility index (Phi) is 6.75. The second kappa shape index (κ2) is 9.45. The van der Waals surface area contributed by atoms with E-state index in [1.54, 1.807) is 40.5 Å². The number of hydrogen-bond acceptors (Lipinski definition) is 6. The number of carbonyl (C=O) groups excluding carboxylic acids is 2. The van der Waals surface area contributed by atoms with Crippen molar-refractivity contribution in [3.05, 3.63) is 46.2 Å². The third-order valence-electron chi connectivity index (χ3n) is 4.47. The number of aryl methyl sites for hydroxylation is 2. The van der Waals surface area contributed by atoms with Crippen LogP contribution in [0.2, 0.25) is 0 Å². The zero-order valence-corrected chi connectivity index (χ0v) is 16.3. The molecule has 1 fully saturated rings. The van der Waals surface area contributed by atoms with Crippen molar-refractivity contribution in [2.45, 2.75) is 26.2 Å². The molecule has 0 unspecified atom stereocenters. The summed E-state index contributed by atoms with van der Waals surface area (Å²) in [5, 5.41) is 3.01. The van der Waals surface area contributed by atoms with Crippen molar-refractivity contribution in [3.63, 3.8) is 0 Å². The SMILES string of the molecule is CCOC(=O)N1CCN(C(=O)Cc2csc(CCc3ccncc3)n2)CC1. The Morgan fingerprint density at radius 3 is 2.52 bits per heavy atom. The molecule has 7 nitrogen and oxygen atoms in total. The van der Waals surface area contributed by atoms with Gasteiger partial charge in [-0.15, -0.1) is 11.3 Å². The minimum Gasteiger partial charge on any atom is -0.450 e. The van der Waals surface area contributed by atoms with E-state index in [0.29, 0.717) is 39.2 Å². The average Bonchev–Trinajstić information content (AvgIpc) is 3.15. The van der Waals surface area contributed by atoms with Gasteiger partial charge in [-0.3, -0.25) is 9.78 Å². The van der Waals surface area contributed by atoms with Gasteiger partial charge in [-0.25, -0.2) is 9.78 Å². The summed E-state index contributed by atoms with van der Waals surface area (Å²) in [6.45, 7) is 4.26. The molecule has 2 aromatic rings. The van der Waals surface area contributed by atoms with E-state index in [0.717, 1.165) is 23.5 Å². The lowest BCUT2D eigenvalue weighted by molar-refractivity contribution is -0.132. The van der Waals surface area contributed by atoms with Gasteiger partial charge in [0.05, 0.1) is 23.7 Å². The molecule has 144 valence electrons. The van der Waals surface area contributed by atoms with Gasteiger partial charge >= 0.3 is 6.09 Å². The number of hydrogen-bond donors (Lipinski definition) is 0. The molecule has 0 bridgehead atoms. The highest BCUT2D eigenvalue weighted by Gasteiger charge is 2.25. The lowest BCUT2D eigenvalue weighted by Crippen LogP contribution is -2.51. The number of thiazole rings is 1. The molecule has 0 saturated carbocycles. The smallest absolute Gasteiger partial charge is 0.409 e.